The van der Waals surface area contributed by atoms with Crippen LogP contribution in [0.1, 0.15) is 0 Å². The molecule has 0 aliphatic carbocycles. The number of nitrogens with zero attached hydrogens (tertiary/aromatic N) is 4. The van der Waals surface area contributed by atoms with Crippen molar-refractivity contribution in [2.24, 2.45) is 0 Å². The maximum Gasteiger partial charge on any atom is 2.00 e. The van der Waals surface area contributed by atoms with E-state index in [1.165, 1.54) is 0 Å². The number of carbonyl (C=O) groups is 1. The Morgan fingerprint density at radius 2 is 0.545 bits per heavy atom. The number of rotatable bonds is 0. The molecule has 0 saturated heterocycles. The van der Waals surface area contributed by atoms with Gasteiger partial charge in [0.25, 0.3) is 0 Å². The van der Waals surface area contributed by atoms with Gasteiger partial charge in [-0.25, -0.2) is 0 Å². The van der Waals surface area contributed by atoms with Crippen molar-refractivity contribution >= 4 is 49.8 Å². The van der Waals surface area contributed by atoms with Crippen LogP contribution < -0.4 is 10.2 Å². The summed E-state index contributed by atoms with van der Waals surface area (Å²) in [5.41, 5.74) is 3.91. The monoisotopic (exact) mass is 681 g/mol. The molecule has 0 bridgehead atoms. The van der Waals surface area contributed by atoms with Crippen LogP contribution in [-0.2, 0) is 17.1 Å². The molecule has 0 spiro atoms. The van der Waals surface area contributed by atoms with Gasteiger partial charge in [-0.3, -0.25) is 19.9 Å². The van der Waals surface area contributed by atoms with Crippen LogP contribution in [0.5, 0.6) is 0 Å². The van der Waals surface area contributed by atoms with Gasteiger partial charge < -0.3 is 75.2 Å². The summed E-state index contributed by atoms with van der Waals surface area (Å²) in [7, 11) is 0. The van der Waals surface area contributed by atoms with Crippen molar-refractivity contribution in [3.8, 4) is 0 Å². The largest absolute Gasteiger partial charge is 2.00 e. The van der Waals surface area contributed by atoms with Gasteiger partial charge in [0, 0.05) is 46.3 Å². The van der Waals surface area contributed by atoms with Crippen LogP contribution in [0.3, 0.4) is 0 Å². The van der Waals surface area contributed by atoms with E-state index >= 15 is 0 Å². The third-order valence-corrected chi connectivity index (χ3v) is 4.69. The van der Waals surface area contributed by atoms with Crippen molar-refractivity contribution < 1.29 is 92.3 Å². The molecule has 4 aromatic heterocycles. The normalized spacial score (nSPS) is 7.45. The van der Waals surface area contributed by atoms with Crippen molar-refractivity contribution in [2.75, 3.05) is 0 Å². The Bertz CT molecular complexity index is 1340. The van der Waals surface area contributed by atoms with E-state index < -0.39 is 6.16 Å². The molecule has 22 N–H and O–H groups in total. The molecule has 4 heterocycles. The van der Waals surface area contributed by atoms with Crippen LogP contribution in [0.25, 0.3) is 43.6 Å². The Labute approximate surface area is 259 Å². The Kier molecular flexibility index (Phi) is 42.7. The van der Waals surface area contributed by atoms with Crippen molar-refractivity contribution in [1.29, 1.82) is 0 Å². The summed E-state index contributed by atoms with van der Waals surface area (Å²) < 4.78 is 0. The van der Waals surface area contributed by atoms with Gasteiger partial charge in [-0.15, -0.1) is 0 Å². The Balaban J connectivity index is -0.0000000571. The second-order valence-electron chi connectivity index (χ2n) is 6.68. The summed E-state index contributed by atoms with van der Waals surface area (Å²) in [5.74, 6) is 0. The van der Waals surface area contributed by atoms with Crippen LogP contribution in [0.4, 0.5) is 4.79 Å². The van der Waals surface area contributed by atoms with E-state index in [1.54, 1.807) is 24.8 Å². The molecule has 0 amide bonds. The Morgan fingerprint density at radius 1 is 0.386 bits per heavy atom. The first-order valence-electron chi connectivity index (χ1n) is 9.68. The maximum atomic E-state index is 8.33. The molecular weight excluding hydrogens is 644 g/mol. The fourth-order valence-electron chi connectivity index (χ4n) is 3.36. The van der Waals surface area contributed by atoms with Crippen LogP contribution in [0.2, 0.25) is 0 Å². The van der Waals surface area contributed by atoms with E-state index in [-0.39, 0.29) is 77.3 Å². The van der Waals surface area contributed by atoms with Gasteiger partial charge in [0.1, 0.15) is 0 Å². The molecule has 0 unspecified atom stereocenters. The third-order valence-electron chi connectivity index (χ3n) is 4.69. The fraction of sp³-hybridized carbons (Fsp3) is 0. The first-order valence-corrected chi connectivity index (χ1v) is 9.68. The molecule has 0 atom stereocenters. The van der Waals surface area contributed by atoms with Crippen LogP contribution in [0, 0.1) is 0 Å². The minimum Gasteiger partial charge on any atom is -0.652 e. The summed E-state index contributed by atoms with van der Waals surface area (Å²) in [4.78, 5) is 25.7. The summed E-state index contributed by atoms with van der Waals surface area (Å²) >= 11 is 0. The van der Waals surface area contributed by atoms with Crippen molar-refractivity contribution in [2.45, 2.75) is 0 Å². The van der Waals surface area contributed by atoms with Crippen molar-refractivity contribution in [3.05, 3.63) is 97.6 Å². The first kappa shape index (κ1) is 62.9. The van der Waals surface area contributed by atoms with E-state index in [0.717, 1.165) is 43.6 Å². The van der Waals surface area contributed by atoms with Gasteiger partial charge in [0.2, 0.25) is 0 Å². The second-order valence-corrected chi connectivity index (χ2v) is 6.68. The summed E-state index contributed by atoms with van der Waals surface area (Å²) in [6.07, 6.45) is 4.87. The van der Waals surface area contributed by atoms with E-state index in [1.807, 2.05) is 24.3 Å². The van der Waals surface area contributed by atoms with Crippen LogP contribution in [-0.4, -0.2) is 86.3 Å². The van der Waals surface area contributed by atoms with E-state index in [2.05, 4.69) is 68.5 Å². The molecule has 6 rings (SSSR count). The molecule has 0 saturated carbocycles. The van der Waals surface area contributed by atoms with E-state index in [4.69, 9.17) is 15.0 Å². The molecule has 253 valence electrons. The van der Waals surface area contributed by atoms with Gasteiger partial charge in [0.05, 0.1) is 22.1 Å². The minimum absolute atomic E-state index is 0. The molecule has 0 aliphatic heterocycles. The number of fused-ring (bicyclic) bond motifs is 6. The molecule has 1 radical (unpaired) electrons. The summed E-state index contributed by atoms with van der Waals surface area (Å²) in [6.45, 7) is 0. The average molecular weight is 682 g/mol. The second kappa shape index (κ2) is 29.9. The zero-order valence-corrected chi connectivity index (χ0v) is 23.5. The number of benzene rings is 2. The molecule has 0 fully saturated rings. The number of carboxylic acid groups (broad SMARTS) is 2. The Hall–Kier alpha value is -4.57. The number of hydrogen-bond donors (Lipinski definition) is 0. The molecule has 18 nitrogen and oxygen atoms in total. The third kappa shape index (κ3) is 15.1. The number of carbonyl (C=O) groups excluding carboxylic acids is 1. The predicted octanol–water partition coefficient (Wildman–Crippen LogP) is -5.96. The number of pyridine rings is 4. The van der Waals surface area contributed by atoms with Gasteiger partial charge in [-0.05, 0) is 30.4 Å². The molecular formula is C25H38CuN4O14. The topological polar surface area (TPSA) is 461 Å². The van der Waals surface area contributed by atoms with E-state index in [9.17, 15) is 0 Å². The van der Waals surface area contributed by atoms with Crippen LogP contribution in [0.15, 0.2) is 97.6 Å². The quantitative estimate of drug-likeness (QED) is 0.110. The predicted molar refractivity (Wildman–Crippen MR) is 159 cm³/mol. The zero-order chi connectivity index (χ0) is 22.3. The van der Waals surface area contributed by atoms with Gasteiger partial charge in [0.15, 0.2) is 0 Å². The number of aromatic nitrogens is 4. The Morgan fingerprint density at radius 3 is 0.705 bits per heavy atom. The SMILES string of the molecule is O.O.O.O.O.O.O.O.O.O.O.O=C([O-])[O-].[Cu+2].c1cnc2c(c1)ccc1cccnc12.c1cnc2c(c1)ccc1cccnc12. The van der Waals surface area contributed by atoms with Gasteiger partial charge in [-0.1, -0.05) is 48.5 Å². The standard InChI is InChI=1S/2C12H8N2.CH2O3.Cu.11H2O/c2*1-3-9-5-6-10-4-2-8-14-12(10)11(9)13-7-1;2-1(3)4;;;;;;;;;;;;/h2*1-8H;(H2,2,3,4);;11*1H2/q;;;+2;;;;;;;;;;;/p-2. The molecule has 44 heavy (non-hydrogen) atoms. The zero-order valence-electron chi connectivity index (χ0n) is 22.6. The molecule has 19 heteroatoms. The maximum absolute atomic E-state index is 8.33. The molecule has 6 aromatic rings. The number of hydrogen-bond acceptors (Lipinski definition) is 7. The average Bonchev–Trinajstić information content (AvgIpc) is 2.84. The summed E-state index contributed by atoms with van der Waals surface area (Å²) in [6, 6.07) is 24.3. The fourth-order valence-corrected chi connectivity index (χ4v) is 3.36. The summed E-state index contributed by atoms with van der Waals surface area (Å²) in [5, 5.41) is 21.2. The smallest absolute Gasteiger partial charge is 0.652 e. The van der Waals surface area contributed by atoms with Gasteiger partial charge >= 0.3 is 17.1 Å². The van der Waals surface area contributed by atoms with Gasteiger partial charge in [-0.2, -0.15) is 0 Å². The molecule has 2 aromatic carbocycles. The minimum atomic E-state index is -2.33. The first-order chi connectivity index (χ1) is 15.6. The van der Waals surface area contributed by atoms with Crippen molar-refractivity contribution in [1.82, 2.24) is 19.9 Å². The molecule has 0 aliphatic rings. The van der Waals surface area contributed by atoms with Crippen LogP contribution >= 0.6 is 0 Å². The van der Waals surface area contributed by atoms with E-state index in [0.29, 0.717) is 0 Å². The van der Waals surface area contributed by atoms with Crippen molar-refractivity contribution in [3.63, 3.8) is 0 Å².